The second kappa shape index (κ2) is 11.1. The Balaban J connectivity index is 1.66. The predicted octanol–water partition coefficient (Wildman–Crippen LogP) is 3.90. The van der Waals surface area contributed by atoms with E-state index in [9.17, 15) is 0 Å². The van der Waals surface area contributed by atoms with Crippen molar-refractivity contribution >= 4 is 5.96 Å². The molecule has 1 unspecified atom stereocenters. The fourth-order valence-electron chi connectivity index (χ4n) is 3.27. The summed E-state index contributed by atoms with van der Waals surface area (Å²) in [4.78, 5) is 4.81. The molecule has 1 atom stereocenters. The first-order valence-corrected chi connectivity index (χ1v) is 10.7. The maximum atomic E-state index is 4.81. The van der Waals surface area contributed by atoms with Crippen LogP contribution in [0.25, 0.3) is 0 Å². The number of rotatable bonds is 9. The van der Waals surface area contributed by atoms with Crippen molar-refractivity contribution < 1.29 is 0 Å². The molecule has 6 nitrogen and oxygen atoms in total. The molecule has 0 spiro atoms. The van der Waals surface area contributed by atoms with Crippen LogP contribution in [0.15, 0.2) is 65.9 Å². The summed E-state index contributed by atoms with van der Waals surface area (Å²) in [6.07, 6.45) is 3.71. The average Bonchev–Trinajstić information content (AvgIpc) is 3.25. The summed E-state index contributed by atoms with van der Waals surface area (Å²) in [5, 5.41) is 15.2. The lowest BCUT2D eigenvalue weighted by molar-refractivity contribution is 0.619. The number of aryl methyl sites for hydroxylation is 2. The predicted molar refractivity (Wildman–Crippen MR) is 122 cm³/mol. The number of guanidine groups is 1. The molecule has 1 aromatic heterocycles. The van der Waals surface area contributed by atoms with Gasteiger partial charge in [-0.05, 0) is 30.0 Å². The Morgan fingerprint density at radius 2 is 1.77 bits per heavy atom. The summed E-state index contributed by atoms with van der Waals surface area (Å²) in [5.41, 5.74) is 3.78. The van der Waals surface area contributed by atoms with Gasteiger partial charge in [-0.1, -0.05) is 68.4 Å². The van der Waals surface area contributed by atoms with Gasteiger partial charge in [-0.2, -0.15) is 0 Å². The zero-order valence-electron chi connectivity index (χ0n) is 18.2. The molecule has 1 heterocycles. The van der Waals surface area contributed by atoms with Crippen molar-refractivity contribution in [3.05, 3.63) is 83.4 Å². The lowest BCUT2D eigenvalue weighted by atomic mass is 10.1. The molecule has 6 heteroatoms. The number of benzene rings is 2. The molecular weight excluding hydrogens is 372 g/mol. The van der Waals surface area contributed by atoms with Gasteiger partial charge in [0, 0.05) is 19.5 Å². The summed E-state index contributed by atoms with van der Waals surface area (Å²) < 4.78 is 2.08. The maximum Gasteiger partial charge on any atom is 0.192 e. The van der Waals surface area contributed by atoms with Gasteiger partial charge >= 0.3 is 0 Å². The van der Waals surface area contributed by atoms with Gasteiger partial charge in [0.25, 0.3) is 0 Å². The monoisotopic (exact) mass is 404 g/mol. The van der Waals surface area contributed by atoms with Crippen LogP contribution in [0.4, 0.5) is 0 Å². The Kier molecular flexibility index (Phi) is 8.01. The van der Waals surface area contributed by atoms with Crippen LogP contribution < -0.4 is 10.6 Å². The fraction of sp³-hybridized carbons (Fsp3) is 0.375. The van der Waals surface area contributed by atoms with Gasteiger partial charge < -0.3 is 15.2 Å². The van der Waals surface area contributed by atoms with Gasteiger partial charge in [-0.25, -0.2) is 4.99 Å². The molecule has 0 saturated carbocycles. The minimum absolute atomic E-state index is 0.152. The molecular formula is C24H32N6. The van der Waals surface area contributed by atoms with E-state index in [4.69, 9.17) is 4.99 Å². The molecule has 0 saturated heterocycles. The van der Waals surface area contributed by atoms with Gasteiger partial charge in [0.2, 0.25) is 0 Å². The van der Waals surface area contributed by atoms with E-state index in [1.165, 1.54) is 16.7 Å². The molecule has 158 valence electrons. The molecule has 0 aliphatic heterocycles. The van der Waals surface area contributed by atoms with E-state index in [1.54, 1.807) is 6.33 Å². The quantitative estimate of drug-likeness (QED) is 0.419. The highest BCUT2D eigenvalue weighted by molar-refractivity contribution is 5.80. The second-order valence-corrected chi connectivity index (χ2v) is 7.33. The third kappa shape index (κ3) is 6.17. The van der Waals surface area contributed by atoms with Crippen molar-refractivity contribution in [3.63, 3.8) is 0 Å². The highest BCUT2D eigenvalue weighted by Crippen LogP contribution is 2.14. The maximum absolute atomic E-state index is 4.81. The first-order valence-electron chi connectivity index (χ1n) is 10.7. The van der Waals surface area contributed by atoms with Gasteiger partial charge in [0.15, 0.2) is 5.96 Å². The number of hydrogen-bond donors (Lipinski definition) is 2. The summed E-state index contributed by atoms with van der Waals surface area (Å²) in [5.74, 6) is 1.80. The standard InChI is InChI=1S/C24H32N6/c1-4-20-11-13-22(14-12-20)19(3)28-24(26-17-21-9-7-6-8-10-21)25-15-16-30-18-27-29-23(30)5-2/h6-14,18-19H,4-5,15-17H2,1-3H3,(H2,25,26,28). The van der Waals surface area contributed by atoms with Crippen molar-refractivity contribution in [1.29, 1.82) is 0 Å². The Hall–Kier alpha value is -3.15. The largest absolute Gasteiger partial charge is 0.355 e. The van der Waals surface area contributed by atoms with E-state index in [2.05, 4.69) is 82.6 Å². The minimum atomic E-state index is 0.152. The van der Waals surface area contributed by atoms with E-state index in [0.29, 0.717) is 6.54 Å². The van der Waals surface area contributed by atoms with Crippen LogP contribution in [0.1, 0.15) is 49.3 Å². The van der Waals surface area contributed by atoms with Gasteiger partial charge in [0.1, 0.15) is 12.2 Å². The van der Waals surface area contributed by atoms with Crippen molar-refractivity contribution in [2.24, 2.45) is 4.99 Å². The molecule has 0 fully saturated rings. The van der Waals surface area contributed by atoms with Crippen molar-refractivity contribution in [2.45, 2.75) is 52.7 Å². The Labute approximate surface area is 179 Å². The van der Waals surface area contributed by atoms with Crippen molar-refractivity contribution in [1.82, 2.24) is 25.4 Å². The van der Waals surface area contributed by atoms with Crippen LogP contribution in [0, 0.1) is 0 Å². The van der Waals surface area contributed by atoms with E-state index >= 15 is 0 Å². The van der Waals surface area contributed by atoms with Gasteiger partial charge in [-0.3, -0.25) is 0 Å². The summed E-state index contributed by atoms with van der Waals surface area (Å²) in [6.45, 7) is 8.59. The molecule has 0 aliphatic rings. The average molecular weight is 405 g/mol. The number of aliphatic imine (C=N–C) groups is 1. The highest BCUT2D eigenvalue weighted by Gasteiger charge is 2.09. The van der Waals surface area contributed by atoms with Crippen LogP contribution >= 0.6 is 0 Å². The molecule has 2 N–H and O–H groups in total. The molecule has 3 rings (SSSR count). The summed E-state index contributed by atoms with van der Waals surface area (Å²) in [6, 6.07) is 19.2. The van der Waals surface area contributed by atoms with Gasteiger partial charge in [-0.15, -0.1) is 10.2 Å². The van der Waals surface area contributed by atoms with E-state index in [-0.39, 0.29) is 6.04 Å². The van der Waals surface area contributed by atoms with E-state index < -0.39 is 0 Å². The first-order chi connectivity index (χ1) is 14.7. The lowest BCUT2D eigenvalue weighted by Gasteiger charge is -2.19. The number of aromatic nitrogens is 3. The minimum Gasteiger partial charge on any atom is -0.355 e. The molecule has 0 amide bonds. The van der Waals surface area contributed by atoms with Crippen LogP contribution in [0.3, 0.4) is 0 Å². The van der Waals surface area contributed by atoms with E-state index in [1.807, 2.05) is 18.2 Å². The van der Waals surface area contributed by atoms with Gasteiger partial charge in [0.05, 0.1) is 12.6 Å². The summed E-state index contributed by atoms with van der Waals surface area (Å²) in [7, 11) is 0. The van der Waals surface area contributed by atoms with Crippen LogP contribution in [0.5, 0.6) is 0 Å². The van der Waals surface area contributed by atoms with E-state index in [0.717, 1.165) is 37.7 Å². The number of nitrogens with zero attached hydrogens (tertiary/aromatic N) is 4. The molecule has 3 aromatic rings. The smallest absolute Gasteiger partial charge is 0.192 e. The van der Waals surface area contributed by atoms with Crippen molar-refractivity contribution in [3.8, 4) is 0 Å². The highest BCUT2D eigenvalue weighted by atomic mass is 15.3. The lowest BCUT2D eigenvalue weighted by Crippen LogP contribution is -2.40. The Bertz CT molecular complexity index is 914. The molecule has 0 aliphatic carbocycles. The Morgan fingerprint density at radius 3 is 2.47 bits per heavy atom. The molecule has 0 bridgehead atoms. The third-order valence-corrected chi connectivity index (χ3v) is 5.16. The number of hydrogen-bond acceptors (Lipinski definition) is 3. The van der Waals surface area contributed by atoms with Crippen LogP contribution in [0.2, 0.25) is 0 Å². The number of nitrogens with one attached hydrogen (secondary N) is 2. The van der Waals surface area contributed by atoms with Crippen molar-refractivity contribution in [2.75, 3.05) is 6.54 Å². The zero-order chi connectivity index (χ0) is 21.2. The molecule has 30 heavy (non-hydrogen) atoms. The zero-order valence-corrected chi connectivity index (χ0v) is 18.2. The third-order valence-electron chi connectivity index (χ3n) is 5.16. The molecule has 0 radical (unpaired) electrons. The van der Waals surface area contributed by atoms with Crippen LogP contribution in [-0.2, 0) is 25.9 Å². The topological polar surface area (TPSA) is 67.1 Å². The second-order valence-electron chi connectivity index (χ2n) is 7.33. The fourth-order valence-corrected chi connectivity index (χ4v) is 3.27. The SMILES string of the molecule is CCc1ccc(C(C)NC(=NCc2ccccc2)NCCn2cnnc2CC)cc1. The molecule has 2 aromatic carbocycles. The first kappa shape index (κ1) is 21.6. The van der Waals surface area contributed by atoms with Crippen LogP contribution in [-0.4, -0.2) is 27.3 Å². The summed E-state index contributed by atoms with van der Waals surface area (Å²) >= 11 is 0. The Morgan fingerprint density at radius 1 is 1.00 bits per heavy atom. The normalized spacial score (nSPS) is 12.6.